The van der Waals surface area contributed by atoms with Gasteiger partial charge in [0.25, 0.3) is 0 Å². The number of Topliss-reactive ketones (excluding diaryl/α,β-unsaturated/α-hetero) is 1. The van der Waals surface area contributed by atoms with Crippen LogP contribution in [0.3, 0.4) is 0 Å². The molecule has 1 amide bonds. The number of carbonyl (C=O) groups is 2. The lowest BCUT2D eigenvalue weighted by molar-refractivity contribution is -0.127. The number of hydrogen-bond donors (Lipinski definition) is 3. The van der Waals surface area contributed by atoms with Crippen LogP contribution in [-0.2, 0) is 9.59 Å². The van der Waals surface area contributed by atoms with E-state index in [9.17, 15) is 14.0 Å². The average Bonchev–Trinajstić information content (AvgIpc) is 3.27. The van der Waals surface area contributed by atoms with E-state index >= 15 is 0 Å². The average molecular weight is 521 g/mol. The topological polar surface area (TPSA) is 113 Å². The summed E-state index contributed by atoms with van der Waals surface area (Å²) >= 11 is 0. The number of halogens is 1. The van der Waals surface area contributed by atoms with Crippen LogP contribution in [0.15, 0.2) is 36.8 Å². The number of carbonyl (C=O) groups excluding carboxylic acids is 2. The summed E-state index contributed by atoms with van der Waals surface area (Å²) in [6.07, 6.45) is 8.68. The zero-order valence-corrected chi connectivity index (χ0v) is 22.6. The van der Waals surface area contributed by atoms with Crippen molar-refractivity contribution in [3.8, 4) is 5.82 Å². The molecule has 1 fully saturated rings. The Labute approximate surface area is 223 Å². The Morgan fingerprint density at radius 1 is 1.18 bits per heavy atom. The zero-order chi connectivity index (χ0) is 27.4. The van der Waals surface area contributed by atoms with Crippen molar-refractivity contribution >= 4 is 28.3 Å². The zero-order valence-electron chi connectivity index (χ0n) is 22.6. The van der Waals surface area contributed by atoms with Gasteiger partial charge < -0.3 is 20.6 Å². The van der Waals surface area contributed by atoms with Crippen LogP contribution in [0.25, 0.3) is 16.7 Å². The third kappa shape index (κ3) is 5.67. The SMILES string of the molecule is CCC(C(=N)C(=O)C(NC(=O)C(C)NC)C1CCCCC1)c1cc(-n2cc(C)c3cc(F)ccc32)ncn1. The van der Waals surface area contributed by atoms with Crippen LogP contribution in [0.5, 0.6) is 0 Å². The molecule has 4 rings (SSSR count). The summed E-state index contributed by atoms with van der Waals surface area (Å²) in [6, 6.07) is 5.25. The molecule has 2 aromatic heterocycles. The predicted octanol–water partition coefficient (Wildman–Crippen LogP) is 4.62. The molecule has 38 heavy (non-hydrogen) atoms. The minimum atomic E-state index is -0.729. The van der Waals surface area contributed by atoms with E-state index in [1.807, 2.05) is 24.6 Å². The maximum atomic E-state index is 13.8. The van der Waals surface area contributed by atoms with Crippen LogP contribution in [0.2, 0.25) is 0 Å². The van der Waals surface area contributed by atoms with Crippen molar-refractivity contribution in [3.05, 3.63) is 53.9 Å². The molecule has 0 saturated heterocycles. The van der Waals surface area contributed by atoms with E-state index in [4.69, 9.17) is 5.41 Å². The lowest BCUT2D eigenvalue weighted by atomic mass is 9.79. The van der Waals surface area contributed by atoms with Gasteiger partial charge in [0.15, 0.2) is 5.78 Å². The molecule has 202 valence electrons. The van der Waals surface area contributed by atoms with Gasteiger partial charge in [-0.3, -0.25) is 9.59 Å². The maximum Gasteiger partial charge on any atom is 0.237 e. The highest BCUT2D eigenvalue weighted by molar-refractivity contribution is 6.42. The lowest BCUT2D eigenvalue weighted by Crippen LogP contribution is -2.53. The number of ketones is 1. The first-order valence-corrected chi connectivity index (χ1v) is 13.4. The first kappa shape index (κ1) is 27.6. The molecule has 1 aliphatic rings. The second-order valence-corrected chi connectivity index (χ2v) is 10.3. The van der Waals surface area contributed by atoms with Crippen molar-refractivity contribution in [1.29, 1.82) is 5.41 Å². The van der Waals surface area contributed by atoms with Crippen molar-refractivity contribution in [2.24, 2.45) is 5.92 Å². The molecular formula is C29H37FN6O2. The molecule has 9 heteroatoms. The standard InChI is InChI=1S/C29H37FN6O2/c1-5-21(26(31)28(37)27(19-9-7-6-8-10-19)35-29(38)18(3)32-4)23-14-25(34-16-33-23)36-15-17(2)22-13-20(30)11-12-24(22)36/h11-16,18-19,21,27,31-32H,5-10H2,1-4H3,(H,35,38). The third-order valence-corrected chi connectivity index (χ3v) is 7.79. The van der Waals surface area contributed by atoms with E-state index in [1.54, 1.807) is 26.1 Å². The van der Waals surface area contributed by atoms with E-state index in [0.717, 1.165) is 48.6 Å². The van der Waals surface area contributed by atoms with E-state index in [1.165, 1.54) is 18.5 Å². The molecular weight excluding hydrogens is 483 g/mol. The normalized spacial score (nSPS) is 16.7. The summed E-state index contributed by atoms with van der Waals surface area (Å²) in [6.45, 7) is 5.59. The van der Waals surface area contributed by atoms with E-state index in [-0.39, 0.29) is 29.1 Å². The Morgan fingerprint density at radius 3 is 2.61 bits per heavy atom. The summed E-state index contributed by atoms with van der Waals surface area (Å²) in [7, 11) is 1.70. The minimum absolute atomic E-state index is 0.0117. The van der Waals surface area contributed by atoms with Crippen LogP contribution in [0.1, 0.15) is 69.5 Å². The number of aryl methyl sites for hydroxylation is 1. The molecule has 0 spiro atoms. The number of nitrogens with zero attached hydrogens (tertiary/aromatic N) is 3. The number of likely N-dealkylation sites (N-methyl/N-ethyl adjacent to an activating group) is 1. The third-order valence-electron chi connectivity index (χ3n) is 7.79. The smallest absolute Gasteiger partial charge is 0.237 e. The lowest BCUT2D eigenvalue weighted by Gasteiger charge is -2.31. The van der Waals surface area contributed by atoms with Gasteiger partial charge in [0.1, 0.15) is 18.0 Å². The molecule has 1 saturated carbocycles. The molecule has 3 unspecified atom stereocenters. The molecule has 0 bridgehead atoms. The monoisotopic (exact) mass is 520 g/mol. The molecule has 0 radical (unpaired) electrons. The van der Waals surface area contributed by atoms with Crippen LogP contribution in [-0.4, -0.2) is 51.1 Å². The number of fused-ring (bicyclic) bond motifs is 1. The van der Waals surface area contributed by atoms with Gasteiger partial charge in [-0.15, -0.1) is 0 Å². The van der Waals surface area contributed by atoms with E-state index < -0.39 is 18.0 Å². The van der Waals surface area contributed by atoms with Crippen molar-refractivity contribution in [3.63, 3.8) is 0 Å². The van der Waals surface area contributed by atoms with Gasteiger partial charge in [-0.2, -0.15) is 0 Å². The summed E-state index contributed by atoms with van der Waals surface area (Å²) in [4.78, 5) is 35.4. The molecule has 3 aromatic rings. The number of amides is 1. The highest BCUT2D eigenvalue weighted by atomic mass is 19.1. The first-order chi connectivity index (χ1) is 18.2. The number of aromatic nitrogens is 3. The fourth-order valence-electron chi connectivity index (χ4n) is 5.41. The number of hydrogen-bond acceptors (Lipinski definition) is 6. The van der Waals surface area contributed by atoms with Crippen molar-refractivity contribution < 1.29 is 14.0 Å². The summed E-state index contributed by atoms with van der Waals surface area (Å²) < 4.78 is 15.7. The van der Waals surface area contributed by atoms with Gasteiger partial charge in [-0.25, -0.2) is 14.4 Å². The molecule has 0 aliphatic heterocycles. The number of benzene rings is 1. The minimum Gasteiger partial charge on any atom is -0.344 e. The largest absolute Gasteiger partial charge is 0.344 e. The summed E-state index contributed by atoms with van der Waals surface area (Å²) in [5.41, 5.74) is 2.23. The molecule has 1 aromatic carbocycles. The molecule has 1 aliphatic carbocycles. The Hall–Kier alpha value is -3.46. The second kappa shape index (κ2) is 11.9. The van der Waals surface area contributed by atoms with Gasteiger partial charge >= 0.3 is 0 Å². The van der Waals surface area contributed by atoms with Crippen molar-refractivity contribution in [2.75, 3.05) is 7.05 Å². The fourth-order valence-corrected chi connectivity index (χ4v) is 5.41. The van der Waals surface area contributed by atoms with Crippen LogP contribution < -0.4 is 10.6 Å². The Morgan fingerprint density at radius 2 is 1.92 bits per heavy atom. The summed E-state index contributed by atoms with van der Waals surface area (Å²) in [5, 5.41) is 15.6. The van der Waals surface area contributed by atoms with Gasteiger partial charge in [0.05, 0.1) is 29.0 Å². The molecule has 3 N–H and O–H groups in total. The maximum absolute atomic E-state index is 13.8. The van der Waals surface area contributed by atoms with E-state index in [2.05, 4.69) is 20.6 Å². The van der Waals surface area contributed by atoms with Gasteiger partial charge in [-0.1, -0.05) is 26.2 Å². The number of rotatable bonds is 10. The van der Waals surface area contributed by atoms with Gasteiger partial charge in [0, 0.05) is 23.6 Å². The van der Waals surface area contributed by atoms with E-state index in [0.29, 0.717) is 17.9 Å². The first-order valence-electron chi connectivity index (χ1n) is 13.4. The Balaban J connectivity index is 1.64. The van der Waals surface area contributed by atoms with Crippen molar-refractivity contribution in [2.45, 2.75) is 77.3 Å². The molecule has 8 nitrogen and oxygen atoms in total. The van der Waals surface area contributed by atoms with Crippen LogP contribution in [0, 0.1) is 24.1 Å². The fraction of sp³-hybridized carbons (Fsp3) is 0.483. The number of nitrogens with one attached hydrogen (secondary N) is 3. The van der Waals surface area contributed by atoms with Gasteiger partial charge in [-0.05, 0) is 69.8 Å². The quantitative estimate of drug-likeness (QED) is 0.338. The Bertz CT molecular complexity index is 1330. The summed E-state index contributed by atoms with van der Waals surface area (Å²) in [5.74, 6) is -0.847. The van der Waals surface area contributed by atoms with Gasteiger partial charge in [0.2, 0.25) is 5.91 Å². The van der Waals surface area contributed by atoms with Crippen LogP contribution in [0.4, 0.5) is 4.39 Å². The molecule has 3 atom stereocenters. The Kier molecular flexibility index (Phi) is 8.66. The van der Waals surface area contributed by atoms with Crippen LogP contribution >= 0.6 is 0 Å². The van der Waals surface area contributed by atoms with Crippen molar-refractivity contribution in [1.82, 2.24) is 25.2 Å². The predicted molar refractivity (Wildman–Crippen MR) is 146 cm³/mol. The highest BCUT2D eigenvalue weighted by Gasteiger charge is 2.36. The highest BCUT2D eigenvalue weighted by Crippen LogP contribution is 2.30. The second-order valence-electron chi connectivity index (χ2n) is 10.3. The molecule has 2 heterocycles.